The smallest absolute Gasteiger partial charge is 0.0897 e. The van der Waals surface area contributed by atoms with Crippen LogP contribution in [0, 0.1) is 11.3 Å². The fourth-order valence-electron chi connectivity index (χ4n) is 2.59. The highest BCUT2D eigenvalue weighted by Crippen LogP contribution is 2.59. The molecule has 1 aliphatic carbocycles. The minimum absolute atomic E-state index is 0.289. The first kappa shape index (κ1) is 10.1. The highest BCUT2D eigenvalue weighted by Gasteiger charge is 2.56. The summed E-state index contributed by atoms with van der Waals surface area (Å²) >= 11 is 0. The standard InChI is InChI=1S/C16H13N/c17-12-16(14-9-5-2-6-10-14)11-15(16)13-7-3-1-4-8-13/h1-10,15H,11H2/t15-,16+/m0/s1. The van der Waals surface area contributed by atoms with Crippen molar-refractivity contribution < 1.29 is 0 Å². The minimum atomic E-state index is -0.289. The summed E-state index contributed by atoms with van der Waals surface area (Å²) < 4.78 is 0. The van der Waals surface area contributed by atoms with Crippen LogP contribution in [0.3, 0.4) is 0 Å². The molecule has 2 atom stereocenters. The lowest BCUT2D eigenvalue weighted by Crippen LogP contribution is -2.05. The third kappa shape index (κ3) is 1.54. The Hall–Kier alpha value is -2.07. The van der Waals surface area contributed by atoms with Crippen LogP contribution in [0.2, 0.25) is 0 Å². The second-order valence-corrected chi connectivity index (χ2v) is 4.62. The maximum absolute atomic E-state index is 9.49. The van der Waals surface area contributed by atoms with Gasteiger partial charge in [-0.1, -0.05) is 60.7 Å². The predicted octanol–water partition coefficient (Wildman–Crippen LogP) is 3.64. The van der Waals surface area contributed by atoms with Crippen LogP contribution in [0.5, 0.6) is 0 Å². The zero-order valence-corrected chi connectivity index (χ0v) is 9.51. The normalized spacial score (nSPS) is 26.2. The number of rotatable bonds is 2. The van der Waals surface area contributed by atoms with Gasteiger partial charge in [-0.15, -0.1) is 0 Å². The van der Waals surface area contributed by atoms with Crippen molar-refractivity contribution in [3.63, 3.8) is 0 Å². The Morgan fingerprint density at radius 1 is 0.941 bits per heavy atom. The summed E-state index contributed by atoms with van der Waals surface area (Å²) in [6.45, 7) is 0. The molecule has 0 bridgehead atoms. The predicted molar refractivity (Wildman–Crippen MR) is 67.5 cm³/mol. The number of nitriles is 1. The van der Waals surface area contributed by atoms with Crippen LogP contribution in [-0.4, -0.2) is 0 Å². The molecule has 0 amide bonds. The maximum atomic E-state index is 9.49. The van der Waals surface area contributed by atoms with Crippen molar-refractivity contribution in [3.05, 3.63) is 71.8 Å². The summed E-state index contributed by atoms with van der Waals surface area (Å²) in [5, 5.41) is 9.49. The van der Waals surface area contributed by atoms with Gasteiger partial charge in [-0.25, -0.2) is 0 Å². The Balaban J connectivity index is 1.97. The van der Waals surface area contributed by atoms with Gasteiger partial charge in [-0.3, -0.25) is 0 Å². The van der Waals surface area contributed by atoms with Crippen molar-refractivity contribution in [2.45, 2.75) is 17.8 Å². The van der Waals surface area contributed by atoms with E-state index in [0.29, 0.717) is 5.92 Å². The van der Waals surface area contributed by atoms with Crippen molar-refractivity contribution in [3.8, 4) is 6.07 Å². The fraction of sp³-hybridized carbons (Fsp3) is 0.188. The summed E-state index contributed by atoms with van der Waals surface area (Å²) in [5.41, 5.74) is 2.14. The number of nitrogens with zero attached hydrogens (tertiary/aromatic N) is 1. The average Bonchev–Trinajstić information content (AvgIpc) is 3.17. The largest absolute Gasteiger partial charge is 0.197 e. The van der Waals surface area contributed by atoms with Crippen LogP contribution < -0.4 is 0 Å². The van der Waals surface area contributed by atoms with Crippen LogP contribution in [0.15, 0.2) is 60.7 Å². The van der Waals surface area contributed by atoms with Crippen molar-refractivity contribution in [1.82, 2.24) is 0 Å². The van der Waals surface area contributed by atoms with Crippen molar-refractivity contribution in [2.24, 2.45) is 0 Å². The second-order valence-electron chi connectivity index (χ2n) is 4.62. The molecular formula is C16H13N. The Labute approximate surface area is 101 Å². The Bertz CT molecular complexity index is 553. The highest BCUT2D eigenvalue weighted by atomic mass is 14.6. The fourth-order valence-corrected chi connectivity index (χ4v) is 2.59. The van der Waals surface area contributed by atoms with Crippen LogP contribution in [-0.2, 0) is 5.41 Å². The molecule has 0 radical (unpaired) electrons. The molecule has 1 aliphatic rings. The average molecular weight is 219 g/mol. The molecular weight excluding hydrogens is 206 g/mol. The van der Waals surface area contributed by atoms with Crippen LogP contribution >= 0.6 is 0 Å². The Morgan fingerprint density at radius 3 is 2.12 bits per heavy atom. The minimum Gasteiger partial charge on any atom is -0.197 e. The lowest BCUT2D eigenvalue weighted by Gasteiger charge is -2.08. The summed E-state index contributed by atoms with van der Waals surface area (Å²) in [5.74, 6) is 0.358. The third-order valence-corrected chi connectivity index (χ3v) is 3.65. The maximum Gasteiger partial charge on any atom is 0.0897 e. The number of hydrogen-bond donors (Lipinski definition) is 0. The zero-order chi connectivity index (χ0) is 11.7. The molecule has 1 saturated carbocycles. The topological polar surface area (TPSA) is 23.8 Å². The first-order chi connectivity index (χ1) is 8.37. The molecule has 2 aromatic carbocycles. The molecule has 2 aromatic rings. The Morgan fingerprint density at radius 2 is 1.53 bits per heavy atom. The van der Waals surface area contributed by atoms with Gasteiger partial charge in [0, 0.05) is 5.92 Å². The molecule has 0 spiro atoms. The number of hydrogen-bond acceptors (Lipinski definition) is 1. The summed E-state index contributed by atoms with van der Waals surface area (Å²) in [6.07, 6.45) is 0.942. The van der Waals surface area contributed by atoms with Gasteiger partial charge in [-0.2, -0.15) is 5.26 Å². The Kier molecular flexibility index (Phi) is 2.23. The van der Waals surface area contributed by atoms with E-state index in [1.54, 1.807) is 0 Å². The van der Waals surface area contributed by atoms with Gasteiger partial charge < -0.3 is 0 Å². The summed E-state index contributed by atoms with van der Waals surface area (Å²) in [4.78, 5) is 0. The number of benzene rings is 2. The van der Waals surface area contributed by atoms with Crippen LogP contribution in [0.4, 0.5) is 0 Å². The van der Waals surface area contributed by atoms with Gasteiger partial charge in [0.15, 0.2) is 0 Å². The molecule has 1 fully saturated rings. The zero-order valence-electron chi connectivity index (χ0n) is 9.51. The third-order valence-electron chi connectivity index (χ3n) is 3.65. The van der Waals surface area contributed by atoms with Gasteiger partial charge in [0.05, 0.1) is 11.5 Å². The molecule has 0 N–H and O–H groups in total. The molecule has 1 nitrogen and oxygen atoms in total. The lowest BCUT2D eigenvalue weighted by molar-refractivity contribution is 0.856. The molecule has 0 saturated heterocycles. The van der Waals surface area contributed by atoms with Crippen molar-refractivity contribution in [2.75, 3.05) is 0 Å². The molecule has 0 aromatic heterocycles. The van der Waals surface area contributed by atoms with Crippen molar-refractivity contribution in [1.29, 1.82) is 5.26 Å². The SMILES string of the molecule is N#C[C@@]1(c2ccccc2)C[C@H]1c1ccccc1. The van der Waals surface area contributed by atoms with E-state index < -0.39 is 0 Å². The van der Waals surface area contributed by atoms with E-state index in [4.69, 9.17) is 0 Å². The second kappa shape index (κ2) is 3.75. The highest BCUT2D eigenvalue weighted by molar-refractivity contribution is 5.49. The van der Waals surface area contributed by atoms with Gasteiger partial charge >= 0.3 is 0 Å². The molecule has 0 aliphatic heterocycles. The van der Waals surface area contributed by atoms with E-state index in [-0.39, 0.29) is 5.41 Å². The monoisotopic (exact) mass is 219 g/mol. The summed E-state index contributed by atoms with van der Waals surface area (Å²) in [6, 6.07) is 23.0. The van der Waals surface area contributed by atoms with E-state index in [2.05, 4.69) is 30.3 Å². The molecule has 0 heterocycles. The van der Waals surface area contributed by atoms with Gasteiger partial charge in [0.1, 0.15) is 0 Å². The molecule has 17 heavy (non-hydrogen) atoms. The van der Waals surface area contributed by atoms with Gasteiger partial charge in [0.25, 0.3) is 0 Å². The van der Waals surface area contributed by atoms with Gasteiger partial charge in [0.2, 0.25) is 0 Å². The first-order valence-corrected chi connectivity index (χ1v) is 5.88. The lowest BCUT2D eigenvalue weighted by atomic mass is 9.92. The van der Waals surface area contributed by atoms with Crippen LogP contribution in [0.1, 0.15) is 23.5 Å². The molecule has 3 rings (SSSR count). The van der Waals surface area contributed by atoms with Gasteiger partial charge in [-0.05, 0) is 17.5 Å². The molecule has 1 heteroatoms. The van der Waals surface area contributed by atoms with E-state index in [1.807, 2.05) is 36.4 Å². The van der Waals surface area contributed by atoms with Crippen molar-refractivity contribution >= 4 is 0 Å². The molecule has 82 valence electrons. The molecule has 0 unspecified atom stereocenters. The first-order valence-electron chi connectivity index (χ1n) is 5.88. The summed E-state index contributed by atoms with van der Waals surface area (Å²) in [7, 11) is 0. The van der Waals surface area contributed by atoms with E-state index >= 15 is 0 Å². The van der Waals surface area contributed by atoms with Crippen LogP contribution in [0.25, 0.3) is 0 Å². The van der Waals surface area contributed by atoms with E-state index in [1.165, 1.54) is 5.56 Å². The van der Waals surface area contributed by atoms with E-state index in [0.717, 1.165) is 12.0 Å². The quantitative estimate of drug-likeness (QED) is 0.756. The van der Waals surface area contributed by atoms with E-state index in [9.17, 15) is 5.26 Å².